The van der Waals surface area contributed by atoms with Crippen LogP contribution in [0.1, 0.15) is 16.4 Å². The first-order valence-electron chi connectivity index (χ1n) is 11.6. The highest BCUT2D eigenvalue weighted by Crippen LogP contribution is 2.42. The monoisotopic (exact) mass is 470 g/mol. The Bertz CT molecular complexity index is 1190. The van der Waals surface area contributed by atoms with Crippen molar-refractivity contribution >= 4 is 11.8 Å². The maximum absolute atomic E-state index is 13.5. The van der Waals surface area contributed by atoms with E-state index in [0.717, 1.165) is 35.8 Å². The van der Waals surface area contributed by atoms with Crippen LogP contribution in [0.4, 0.5) is 4.39 Å². The molecule has 34 heavy (non-hydrogen) atoms. The molecular formula is C29H27FN2OS. The van der Waals surface area contributed by atoms with E-state index in [2.05, 4.69) is 59.5 Å². The molecule has 5 rings (SSSR count). The normalized spacial score (nSPS) is 17.4. The first-order valence-corrected chi connectivity index (χ1v) is 12.4. The molecule has 0 spiro atoms. The van der Waals surface area contributed by atoms with Crippen LogP contribution in [0.3, 0.4) is 0 Å². The minimum absolute atomic E-state index is 0.0212. The molecule has 1 aromatic heterocycles. The molecule has 1 saturated heterocycles. The van der Waals surface area contributed by atoms with Crippen molar-refractivity contribution in [2.24, 2.45) is 0 Å². The Morgan fingerprint density at radius 3 is 2.41 bits per heavy atom. The number of rotatable bonds is 7. The molecule has 2 atom stereocenters. The third kappa shape index (κ3) is 5.55. The molecule has 0 aliphatic carbocycles. The van der Waals surface area contributed by atoms with Crippen LogP contribution in [-0.2, 0) is 11.3 Å². The highest BCUT2D eigenvalue weighted by molar-refractivity contribution is 7.99. The first-order chi connectivity index (χ1) is 16.8. The minimum Gasteiger partial charge on any atom is -0.374 e. The van der Waals surface area contributed by atoms with E-state index in [1.807, 2.05) is 36.5 Å². The molecule has 172 valence electrons. The zero-order chi connectivity index (χ0) is 23.2. The highest BCUT2D eigenvalue weighted by atomic mass is 32.2. The van der Waals surface area contributed by atoms with Gasteiger partial charge in [0, 0.05) is 31.4 Å². The Labute approximate surface area is 204 Å². The number of pyridine rings is 1. The van der Waals surface area contributed by atoms with E-state index in [1.54, 1.807) is 11.8 Å². The predicted octanol–water partition coefficient (Wildman–Crippen LogP) is 6.62. The summed E-state index contributed by atoms with van der Waals surface area (Å²) in [7, 11) is 0. The van der Waals surface area contributed by atoms with E-state index >= 15 is 0 Å². The Morgan fingerprint density at radius 2 is 1.65 bits per heavy atom. The van der Waals surface area contributed by atoms with Gasteiger partial charge in [0.15, 0.2) is 0 Å². The van der Waals surface area contributed by atoms with E-state index < -0.39 is 0 Å². The van der Waals surface area contributed by atoms with Crippen molar-refractivity contribution < 1.29 is 9.13 Å². The molecule has 0 amide bonds. The van der Waals surface area contributed by atoms with Crippen LogP contribution in [0.5, 0.6) is 0 Å². The number of halogens is 1. The quantitative estimate of drug-likeness (QED) is 0.283. The van der Waals surface area contributed by atoms with Gasteiger partial charge in [-0.25, -0.2) is 9.37 Å². The van der Waals surface area contributed by atoms with Crippen LogP contribution in [0, 0.1) is 5.82 Å². The summed E-state index contributed by atoms with van der Waals surface area (Å²) in [6, 6.07) is 31.7. The molecule has 1 unspecified atom stereocenters. The molecular weight excluding hydrogens is 443 g/mol. The maximum atomic E-state index is 13.5. The fraction of sp³-hybridized carbons (Fsp3) is 0.207. The lowest BCUT2D eigenvalue weighted by molar-refractivity contribution is -0.0320. The average molecular weight is 471 g/mol. The molecule has 0 radical (unpaired) electrons. The van der Waals surface area contributed by atoms with Crippen LogP contribution < -0.4 is 0 Å². The van der Waals surface area contributed by atoms with Gasteiger partial charge in [-0.05, 0) is 34.9 Å². The second kappa shape index (κ2) is 11.0. The van der Waals surface area contributed by atoms with E-state index in [-0.39, 0.29) is 17.2 Å². The van der Waals surface area contributed by atoms with Crippen molar-refractivity contribution in [3.05, 3.63) is 120 Å². The first kappa shape index (κ1) is 22.8. The molecule has 4 aromatic rings. The van der Waals surface area contributed by atoms with Gasteiger partial charge in [-0.15, -0.1) is 0 Å². The lowest BCUT2D eigenvalue weighted by Gasteiger charge is -2.37. The lowest BCUT2D eigenvalue weighted by atomic mass is 10.1. The van der Waals surface area contributed by atoms with Crippen molar-refractivity contribution in [2.75, 3.05) is 19.7 Å². The summed E-state index contributed by atoms with van der Waals surface area (Å²) in [4.78, 5) is 7.20. The molecule has 2 heterocycles. The molecule has 1 aliphatic rings. The topological polar surface area (TPSA) is 25.4 Å². The van der Waals surface area contributed by atoms with Gasteiger partial charge in [0.05, 0.1) is 18.0 Å². The van der Waals surface area contributed by atoms with E-state index in [4.69, 9.17) is 9.72 Å². The number of nitrogens with zero attached hydrogens (tertiary/aromatic N) is 2. The van der Waals surface area contributed by atoms with E-state index in [0.29, 0.717) is 6.61 Å². The van der Waals surface area contributed by atoms with Crippen LogP contribution in [-0.4, -0.2) is 35.7 Å². The van der Waals surface area contributed by atoms with Gasteiger partial charge in [-0.3, -0.25) is 4.90 Å². The van der Waals surface area contributed by atoms with E-state index in [9.17, 15) is 4.39 Å². The Kier molecular flexibility index (Phi) is 7.34. The second-order valence-corrected chi connectivity index (χ2v) is 9.57. The van der Waals surface area contributed by atoms with Crippen LogP contribution in [0.2, 0.25) is 0 Å². The Morgan fingerprint density at radius 1 is 0.912 bits per heavy atom. The number of hydrogen-bond donors (Lipinski definition) is 0. The summed E-state index contributed by atoms with van der Waals surface area (Å²) in [5.74, 6) is -0.238. The van der Waals surface area contributed by atoms with Crippen molar-refractivity contribution in [3.63, 3.8) is 0 Å². The third-order valence-corrected chi connectivity index (χ3v) is 7.44. The lowest BCUT2D eigenvalue weighted by Crippen LogP contribution is -2.44. The van der Waals surface area contributed by atoms with Crippen molar-refractivity contribution in [2.45, 2.75) is 22.9 Å². The predicted molar refractivity (Wildman–Crippen MR) is 136 cm³/mol. The summed E-state index contributed by atoms with van der Waals surface area (Å²) in [6.07, 6.45) is 1.84. The van der Waals surface area contributed by atoms with Gasteiger partial charge < -0.3 is 4.74 Å². The Hall–Kier alpha value is -2.99. The smallest absolute Gasteiger partial charge is 0.123 e. The van der Waals surface area contributed by atoms with Crippen LogP contribution in [0.15, 0.2) is 108 Å². The van der Waals surface area contributed by atoms with Gasteiger partial charge >= 0.3 is 0 Å². The molecule has 3 aromatic carbocycles. The molecule has 1 fully saturated rings. The number of ether oxygens (including phenoxy) is 1. The third-order valence-electron chi connectivity index (χ3n) is 6.06. The SMILES string of the molecule is Fc1ccc(-c2cccnc2SC(c2ccccc2)[C@@H]2CN(Cc3ccccc3)CCO2)cc1. The number of thioether (sulfide) groups is 1. The fourth-order valence-corrected chi connectivity index (χ4v) is 5.64. The van der Waals surface area contributed by atoms with Gasteiger partial charge in [-0.2, -0.15) is 0 Å². The summed E-state index contributed by atoms with van der Waals surface area (Å²) >= 11 is 1.73. The molecule has 3 nitrogen and oxygen atoms in total. The van der Waals surface area contributed by atoms with E-state index in [1.165, 1.54) is 23.3 Å². The summed E-state index contributed by atoms with van der Waals surface area (Å²) < 4.78 is 19.9. The van der Waals surface area contributed by atoms with Gasteiger partial charge in [0.25, 0.3) is 0 Å². The zero-order valence-electron chi connectivity index (χ0n) is 18.9. The summed E-state index contributed by atoms with van der Waals surface area (Å²) in [6.45, 7) is 3.38. The largest absolute Gasteiger partial charge is 0.374 e. The van der Waals surface area contributed by atoms with Gasteiger partial charge in [-0.1, -0.05) is 90.6 Å². The Balaban J connectivity index is 1.42. The standard InChI is InChI=1S/C29H27FN2OS/c30-25-15-13-23(14-16-25)26-12-7-17-31-29(26)34-28(24-10-5-2-6-11-24)27-21-32(18-19-33-27)20-22-8-3-1-4-9-22/h1-17,27-28H,18-21H2/t27-,28?/m0/s1. The number of benzene rings is 3. The average Bonchev–Trinajstić information content (AvgIpc) is 2.89. The van der Waals surface area contributed by atoms with Crippen molar-refractivity contribution in [1.82, 2.24) is 9.88 Å². The van der Waals surface area contributed by atoms with Crippen LogP contribution >= 0.6 is 11.8 Å². The van der Waals surface area contributed by atoms with Gasteiger partial charge in [0.2, 0.25) is 0 Å². The number of hydrogen-bond acceptors (Lipinski definition) is 4. The number of morpholine rings is 1. The fourth-order valence-electron chi connectivity index (χ4n) is 4.36. The molecule has 0 saturated carbocycles. The second-order valence-electron chi connectivity index (χ2n) is 8.44. The molecule has 5 heteroatoms. The maximum Gasteiger partial charge on any atom is 0.123 e. The summed E-state index contributed by atoms with van der Waals surface area (Å²) in [5.41, 5.74) is 4.50. The summed E-state index contributed by atoms with van der Waals surface area (Å²) in [5, 5.41) is 1.00. The minimum atomic E-state index is -0.238. The zero-order valence-corrected chi connectivity index (χ0v) is 19.7. The van der Waals surface area contributed by atoms with Crippen LogP contribution in [0.25, 0.3) is 11.1 Å². The van der Waals surface area contributed by atoms with Crippen molar-refractivity contribution in [1.29, 1.82) is 0 Å². The number of aromatic nitrogens is 1. The van der Waals surface area contributed by atoms with Gasteiger partial charge in [0.1, 0.15) is 10.8 Å². The highest BCUT2D eigenvalue weighted by Gasteiger charge is 2.31. The molecule has 1 aliphatic heterocycles. The van der Waals surface area contributed by atoms with Crippen molar-refractivity contribution in [3.8, 4) is 11.1 Å². The molecule has 0 bridgehead atoms. The molecule has 0 N–H and O–H groups in total.